The van der Waals surface area contributed by atoms with Crippen LogP contribution in [0.2, 0.25) is 0 Å². The van der Waals surface area contributed by atoms with Gasteiger partial charge in [0.1, 0.15) is 0 Å². The average Bonchev–Trinajstić information content (AvgIpc) is 2.04. The molecule has 0 amide bonds. The third-order valence-electron chi connectivity index (χ3n) is 3.12. The summed E-state index contributed by atoms with van der Waals surface area (Å²) in [7, 11) is 2.23. The quantitative estimate of drug-likeness (QED) is 0.675. The van der Waals surface area contributed by atoms with Crippen LogP contribution in [-0.2, 0) is 0 Å². The molecule has 13 heavy (non-hydrogen) atoms. The standard InChI is InChI=1S/C9H18N2.2ClH/c1-11-6-4-8-3-2-5-10-9(8)7-11;;/h8-10H,2-7H2,1H3;2*1H. The van der Waals surface area contributed by atoms with Gasteiger partial charge in [-0.1, -0.05) is 0 Å². The van der Waals surface area contributed by atoms with Gasteiger partial charge in [-0.2, -0.15) is 0 Å². The molecule has 80 valence electrons. The molecule has 0 saturated carbocycles. The highest BCUT2D eigenvalue weighted by molar-refractivity contribution is 5.85. The summed E-state index contributed by atoms with van der Waals surface area (Å²) in [5.41, 5.74) is 0. The van der Waals surface area contributed by atoms with E-state index < -0.39 is 0 Å². The van der Waals surface area contributed by atoms with Gasteiger partial charge in [0.25, 0.3) is 0 Å². The molecule has 2 fully saturated rings. The van der Waals surface area contributed by atoms with Gasteiger partial charge >= 0.3 is 0 Å². The van der Waals surface area contributed by atoms with Gasteiger partial charge in [0.05, 0.1) is 0 Å². The number of rotatable bonds is 0. The van der Waals surface area contributed by atoms with Crippen molar-refractivity contribution in [1.82, 2.24) is 10.2 Å². The smallest absolute Gasteiger partial charge is 0.0223 e. The van der Waals surface area contributed by atoms with E-state index in [1.54, 1.807) is 0 Å². The second-order valence-corrected chi connectivity index (χ2v) is 4.01. The van der Waals surface area contributed by atoms with E-state index in [1.807, 2.05) is 0 Å². The molecule has 0 aromatic carbocycles. The molecular weight excluding hydrogens is 207 g/mol. The maximum Gasteiger partial charge on any atom is 0.0223 e. The molecule has 2 saturated heterocycles. The van der Waals surface area contributed by atoms with Gasteiger partial charge in [0.2, 0.25) is 0 Å². The molecule has 4 heteroatoms. The summed E-state index contributed by atoms with van der Waals surface area (Å²) in [6, 6.07) is 0.808. The Bertz CT molecular complexity index is 144. The van der Waals surface area contributed by atoms with Crippen LogP contribution in [0, 0.1) is 5.92 Å². The van der Waals surface area contributed by atoms with Crippen LogP contribution in [0.3, 0.4) is 0 Å². The summed E-state index contributed by atoms with van der Waals surface area (Å²) in [6.07, 6.45) is 4.27. The maximum absolute atomic E-state index is 3.61. The number of likely N-dealkylation sites (N-methyl/N-ethyl adjacent to an activating group) is 1. The van der Waals surface area contributed by atoms with Crippen molar-refractivity contribution in [1.29, 1.82) is 0 Å². The monoisotopic (exact) mass is 226 g/mol. The Morgan fingerprint density at radius 2 is 2.00 bits per heavy atom. The maximum atomic E-state index is 3.61. The van der Waals surface area contributed by atoms with E-state index in [9.17, 15) is 0 Å². The van der Waals surface area contributed by atoms with Crippen molar-refractivity contribution in [3.05, 3.63) is 0 Å². The second-order valence-electron chi connectivity index (χ2n) is 4.01. The molecule has 0 aromatic heterocycles. The third kappa shape index (κ3) is 3.28. The van der Waals surface area contributed by atoms with Crippen LogP contribution in [-0.4, -0.2) is 37.6 Å². The Labute approximate surface area is 93.3 Å². The predicted molar refractivity (Wildman–Crippen MR) is 61.1 cm³/mol. The molecule has 1 N–H and O–H groups in total. The van der Waals surface area contributed by atoms with Crippen molar-refractivity contribution in [3.8, 4) is 0 Å². The average molecular weight is 227 g/mol. The first-order valence-corrected chi connectivity index (χ1v) is 4.78. The summed E-state index contributed by atoms with van der Waals surface area (Å²) >= 11 is 0. The molecule has 0 aliphatic carbocycles. The SMILES string of the molecule is CN1CCC2CCCNC2C1.Cl.Cl. The van der Waals surface area contributed by atoms with Crippen molar-refractivity contribution < 1.29 is 0 Å². The van der Waals surface area contributed by atoms with Gasteiger partial charge in [0, 0.05) is 12.6 Å². The predicted octanol–water partition coefficient (Wildman–Crippen LogP) is 1.53. The van der Waals surface area contributed by atoms with Crippen LogP contribution in [0.1, 0.15) is 19.3 Å². The van der Waals surface area contributed by atoms with Gasteiger partial charge < -0.3 is 10.2 Å². The first-order chi connectivity index (χ1) is 5.36. The number of piperidine rings is 2. The summed E-state index contributed by atoms with van der Waals surface area (Å²) in [6.45, 7) is 3.82. The van der Waals surface area contributed by atoms with E-state index in [1.165, 1.54) is 38.9 Å². The van der Waals surface area contributed by atoms with Crippen LogP contribution < -0.4 is 5.32 Å². The highest BCUT2D eigenvalue weighted by Gasteiger charge is 2.28. The van der Waals surface area contributed by atoms with E-state index in [4.69, 9.17) is 0 Å². The minimum Gasteiger partial charge on any atom is -0.312 e. The lowest BCUT2D eigenvalue weighted by Crippen LogP contribution is -2.52. The molecule has 0 radical (unpaired) electrons. The highest BCUT2D eigenvalue weighted by atomic mass is 35.5. The molecule has 0 spiro atoms. The first kappa shape index (κ1) is 13.5. The second kappa shape index (κ2) is 6.07. The molecule has 2 unspecified atom stereocenters. The van der Waals surface area contributed by atoms with Crippen LogP contribution in [0.25, 0.3) is 0 Å². The molecule has 2 aliphatic heterocycles. The zero-order valence-corrected chi connectivity index (χ0v) is 9.79. The largest absolute Gasteiger partial charge is 0.312 e. The Morgan fingerprint density at radius 3 is 2.77 bits per heavy atom. The zero-order chi connectivity index (χ0) is 7.68. The van der Waals surface area contributed by atoms with Gasteiger partial charge in [-0.15, -0.1) is 24.8 Å². The molecule has 2 rings (SSSR count). The van der Waals surface area contributed by atoms with Crippen molar-refractivity contribution in [3.63, 3.8) is 0 Å². The van der Waals surface area contributed by atoms with E-state index in [0.717, 1.165) is 12.0 Å². The van der Waals surface area contributed by atoms with Crippen LogP contribution in [0.15, 0.2) is 0 Å². The number of hydrogen-bond donors (Lipinski definition) is 1. The summed E-state index contributed by atoms with van der Waals surface area (Å²) < 4.78 is 0. The van der Waals surface area contributed by atoms with Crippen LogP contribution in [0.4, 0.5) is 0 Å². The molecule has 0 bridgehead atoms. The van der Waals surface area contributed by atoms with Crippen molar-refractivity contribution in [2.24, 2.45) is 5.92 Å². The van der Waals surface area contributed by atoms with Crippen molar-refractivity contribution in [2.45, 2.75) is 25.3 Å². The molecule has 2 heterocycles. The summed E-state index contributed by atoms with van der Waals surface area (Å²) in [4.78, 5) is 2.44. The van der Waals surface area contributed by atoms with Gasteiger partial charge in [-0.05, 0) is 45.3 Å². The number of nitrogens with zero attached hydrogens (tertiary/aromatic N) is 1. The van der Waals surface area contributed by atoms with Crippen LogP contribution in [0.5, 0.6) is 0 Å². The van der Waals surface area contributed by atoms with Gasteiger partial charge in [-0.25, -0.2) is 0 Å². The van der Waals surface area contributed by atoms with Crippen molar-refractivity contribution in [2.75, 3.05) is 26.7 Å². The van der Waals surface area contributed by atoms with E-state index in [0.29, 0.717) is 0 Å². The Balaban J connectivity index is 0.000000720. The molecule has 0 aromatic rings. The molecule has 2 aliphatic rings. The normalized spacial score (nSPS) is 33.9. The molecule has 2 atom stereocenters. The fourth-order valence-corrected chi connectivity index (χ4v) is 2.39. The molecular formula is C9H20Cl2N2. The lowest BCUT2D eigenvalue weighted by atomic mass is 9.85. The number of likely N-dealkylation sites (tertiary alicyclic amines) is 1. The Hall–Kier alpha value is 0.500. The van der Waals surface area contributed by atoms with E-state index >= 15 is 0 Å². The van der Waals surface area contributed by atoms with E-state index in [-0.39, 0.29) is 24.8 Å². The topological polar surface area (TPSA) is 15.3 Å². The van der Waals surface area contributed by atoms with Crippen LogP contribution >= 0.6 is 24.8 Å². The number of fused-ring (bicyclic) bond motifs is 1. The van der Waals surface area contributed by atoms with Gasteiger partial charge in [-0.3, -0.25) is 0 Å². The fourth-order valence-electron chi connectivity index (χ4n) is 2.39. The van der Waals surface area contributed by atoms with Crippen molar-refractivity contribution >= 4 is 24.8 Å². The minimum atomic E-state index is 0. The lowest BCUT2D eigenvalue weighted by molar-refractivity contribution is 0.138. The number of halogens is 2. The summed E-state index contributed by atoms with van der Waals surface area (Å²) in [5, 5.41) is 3.61. The third-order valence-corrected chi connectivity index (χ3v) is 3.12. The van der Waals surface area contributed by atoms with Gasteiger partial charge in [0.15, 0.2) is 0 Å². The number of nitrogens with one attached hydrogen (secondary N) is 1. The first-order valence-electron chi connectivity index (χ1n) is 4.78. The minimum absolute atomic E-state index is 0. The zero-order valence-electron chi connectivity index (χ0n) is 8.16. The highest BCUT2D eigenvalue weighted by Crippen LogP contribution is 2.24. The molecule has 2 nitrogen and oxygen atoms in total. The van der Waals surface area contributed by atoms with E-state index in [2.05, 4.69) is 17.3 Å². The Morgan fingerprint density at radius 1 is 1.23 bits per heavy atom. The fraction of sp³-hybridized carbons (Fsp3) is 1.00. The summed E-state index contributed by atoms with van der Waals surface area (Å²) in [5.74, 6) is 0.986. The number of hydrogen-bond acceptors (Lipinski definition) is 2. The lowest BCUT2D eigenvalue weighted by Gasteiger charge is -2.40. The Kier molecular flexibility index (Phi) is 6.31.